The highest BCUT2D eigenvalue weighted by Crippen LogP contribution is 2.41. The van der Waals surface area contributed by atoms with Crippen molar-refractivity contribution in [3.05, 3.63) is 71.3 Å². The van der Waals surface area contributed by atoms with Gasteiger partial charge in [-0.3, -0.25) is 9.97 Å². The van der Waals surface area contributed by atoms with E-state index >= 15 is 0 Å². The van der Waals surface area contributed by atoms with E-state index in [1.165, 1.54) is 12.1 Å². The van der Waals surface area contributed by atoms with E-state index in [1.54, 1.807) is 24.5 Å². The quantitative estimate of drug-likeness (QED) is 0.406. The molecule has 186 valence electrons. The Bertz CT molecular complexity index is 1530. The highest BCUT2D eigenvalue weighted by molar-refractivity contribution is 6.31. The summed E-state index contributed by atoms with van der Waals surface area (Å²) in [6.45, 7) is 3.00. The van der Waals surface area contributed by atoms with Crippen LogP contribution in [0.4, 0.5) is 15.8 Å². The van der Waals surface area contributed by atoms with Gasteiger partial charge in [-0.25, -0.2) is 4.39 Å². The molecule has 0 saturated carbocycles. The minimum atomic E-state index is -0.411. The largest absolute Gasteiger partial charge is 0.396 e. The lowest BCUT2D eigenvalue weighted by Gasteiger charge is -2.43. The van der Waals surface area contributed by atoms with Crippen molar-refractivity contribution in [1.29, 1.82) is 5.26 Å². The fourth-order valence-electron chi connectivity index (χ4n) is 5.36. The minimum absolute atomic E-state index is 0.0440. The van der Waals surface area contributed by atoms with Crippen LogP contribution in [0.15, 0.2) is 54.9 Å². The Morgan fingerprint density at radius 3 is 2.89 bits per heavy atom. The number of pyridine rings is 2. The second kappa shape index (κ2) is 9.60. The van der Waals surface area contributed by atoms with E-state index in [4.69, 9.17) is 27.1 Å². The van der Waals surface area contributed by atoms with Gasteiger partial charge in [0.15, 0.2) is 0 Å². The molecule has 0 spiro atoms. The molecule has 2 aliphatic heterocycles. The molecule has 0 bridgehead atoms. The van der Waals surface area contributed by atoms with Gasteiger partial charge in [-0.15, -0.1) is 0 Å². The molecule has 4 aromatic rings. The number of aromatic nitrogens is 2. The van der Waals surface area contributed by atoms with Gasteiger partial charge in [0, 0.05) is 59.6 Å². The average molecular weight is 515 g/mol. The third-order valence-electron chi connectivity index (χ3n) is 7.11. The van der Waals surface area contributed by atoms with Gasteiger partial charge in [-0.1, -0.05) is 17.7 Å². The molecule has 0 aliphatic carbocycles. The monoisotopic (exact) mass is 514 g/mol. The zero-order valence-corrected chi connectivity index (χ0v) is 20.7. The topological polar surface area (TPSA) is 100 Å². The van der Waals surface area contributed by atoms with Crippen LogP contribution in [0.3, 0.4) is 0 Å². The Balaban J connectivity index is 1.56. The normalized spacial score (nSPS) is 19.4. The summed E-state index contributed by atoms with van der Waals surface area (Å²) in [7, 11) is 0. The molecule has 7 nitrogen and oxygen atoms in total. The number of nitrogens with one attached hydrogen (secondary N) is 1. The standard InChI is InChI=1S/C28H24ClFN6O/c29-19-9-18(10-20(30)12-19)22-14-35-23-2-1-16(27-26(32)17(13-31)3-5-34-27)11-21(23)28(22)36-7-4-24-25(15-36)37-8-6-33-24/h1-3,5,9-12,14,24-25,33H,4,6-8,15,32H2/t24-,25-/m0/s1. The van der Waals surface area contributed by atoms with E-state index in [9.17, 15) is 9.65 Å². The number of nitrogens with two attached hydrogens (primary N) is 1. The number of anilines is 2. The molecule has 2 aromatic carbocycles. The van der Waals surface area contributed by atoms with Crippen molar-refractivity contribution in [2.75, 3.05) is 36.9 Å². The highest BCUT2D eigenvalue weighted by Gasteiger charge is 2.33. The van der Waals surface area contributed by atoms with Crippen molar-refractivity contribution >= 4 is 33.9 Å². The molecule has 37 heavy (non-hydrogen) atoms. The van der Waals surface area contributed by atoms with Gasteiger partial charge in [-0.05, 0) is 48.4 Å². The van der Waals surface area contributed by atoms with Crippen molar-refractivity contribution in [2.24, 2.45) is 0 Å². The van der Waals surface area contributed by atoms with Crippen LogP contribution in [0.25, 0.3) is 33.3 Å². The van der Waals surface area contributed by atoms with E-state index in [1.807, 2.05) is 18.2 Å². The number of rotatable bonds is 3. The number of hydrogen-bond acceptors (Lipinski definition) is 7. The average Bonchev–Trinajstić information content (AvgIpc) is 2.91. The maximum Gasteiger partial charge on any atom is 0.125 e. The van der Waals surface area contributed by atoms with Gasteiger partial charge in [0.25, 0.3) is 0 Å². The fourth-order valence-corrected chi connectivity index (χ4v) is 5.59. The van der Waals surface area contributed by atoms with Crippen molar-refractivity contribution in [1.82, 2.24) is 15.3 Å². The summed E-state index contributed by atoms with van der Waals surface area (Å²) in [4.78, 5) is 11.5. The number of halogens is 2. The number of ether oxygens (including phenoxy) is 1. The van der Waals surface area contributed by atoms with Crippen LogP contribution in [0.2, 0.25) is 5.02 Å². The first-order valence-electron chi connectivity index (χ1n) is 12.2. The number of nitrogen functional groups attached to an aromatic ring is 1. The van der Waals surface area contributed by atoms with Gasteiger partial charge < -0.3 is 20.7 Å². The Labute approximate surface area is 218 Å². The first kappa shape index (κ1) is 23.6. The molecule has 2 aliphatic rings. The molecule has 2 saturated heterocycles. The highest BCUT2D eigenvalue weighted by atomic mass is 35.5. The van der Waals surface area contributed by atoms with Crippen LogP contribution >= 0.6 is 11.6 Å². The summed E-state index contributed by atoms with van der Waals surface area (Å²) in [5, 5.41) is 14.2. The van der Waals surface area contributed by atoms with Crippen LogP contribution in [0.5, 0.6) is 0 Å². The summed E-state index contributed by atoms with van der Waals surface area (Å²) in [6.07, 6.45) is 4.31. The van der Waals surface area contributed by atoms with Gasteiger partial charge in [0.1, 0.15) is 11.9 Å². The van der Waals surface area contributed by atoms with Crippen LogP contribution in [0.1, 0.15) is 12.0 Å². The van der Waals surface area contributed by atoms with Crippen molar-refractivity contribution < 1.29 is 9.13 Å². The van der Waals surface area contributed by atoms with Crippen molar-refractivity contribution in [2.45, 2.75) is 18.6 Å². The summed E-state index contributed by atoms with van der Waals surface area (Å²) < 4.78 is 20.5. The van der Waals surface area contributed by atoms with E-state index in [0.29, 0.717) is 46.7 Å². The van der Waals surface area contributed by atoms with E-state index in [0.717, 1.165) is 47.2 Å². The van der Waals surface area contributed by atoms with Gasteiger partial charge in [0.05, 0.1) is 40.9 Å². The lowest BCUT2D eigenvalue weighted by Crippen LogP contribution is -2.57. The number of benzene rings is 2. The first-order chi connectivity index (χ1) is 18.0. The second-order valence-electron chi connectivity index (χ2n) is 9.35. The molecule has 6 rings (SSSR count). The molecule has 2 aromatic heterocycles. The van der Waals surface area contributed by atoms with Gasteiger partial charge >= 0.3 is 0 Å². The molecule has 0 amide bonds. The SMILES string of the molecule is N#Cc1ccnc(-c2ccc3ncc(-c4cc(F)cc(Cl)c4)c(N4CC[C@@H]5NCCO[C@H]5C4)c3c2)c1N. The summed E-state index contributed by atoms with van der Waals surface area (Å²) in [6, 6.07) is 14.4. The van der Waals surface area contributed by atoms with Crippen LogP contribution in [-0.4, -0.2) is 48.4 Å². The maximum atomic E-state index is 14.4. The predicted molar refractivity (Wildman–Crippen MR) is 143 cm³/mol. The lowest BCUT2D eigenvalue weighted by atomic mass is 9.95. The van der Waals surface area contributed by atoms with Crippen LogP contribution in [-0.2, 0) is 4.74 Å². The lowest BCUT2D eigenvalue weighted by molar-refractivity contribution is -0.00896. The van der Waals surface area contributed by atoms with E-state index in [2.05, 4.69) is 21.3 Å². The summed E-state index contributed by atoms with van der Waals surface area (Å²) >= 11 is 6.25. The number of nitrogens with zero attached hydrogens (tertiary/aromatic N) is 4. The van der Waals surface area contributed by atoms with Gasteiger partial charge in [0.2, 0.25) is 0 Å². The summed E-state index contributed by atoms with van der Waals surface area (Å²) in [5.74, 6) is -0.411. The maximum absolute atomic E-state index is 14.4. The number of morpholine rings is 1. The Morgan fingerprint density at radius 1 is 1.16 bits per heavy atom. The predicted octanol–water partition coefficient (Wildman–Crippen LogP) is 4.78. The number of fused-ring (bicyclic) bond motifs is 2. The molecule has 0 unspecified atom stereocenters. The Morgan fingerprint density at radius 2 is 2.05 bits per heavy atom. The molecule has 2 fully saturated rings. The van der Waals surface area contributed by atoms with Crippen molar-refractivity contribution in [3.8, 4) is 28.5 Å². The van der Waals surface area contributed by atoms with Crippen molar-refractivity contribution in [3.63, 3.8) is 0 Å². The molecule has 2 atom stereocenters. The minimum Gasteiger partial charge on any atom is -0.396 e. The second-order valence-corrected chi connectivity index (χ2v) is 9.78. The zero-order valence-electron chi connectivity index (χ0n) is 19.9. The van der Waals surface area contributed by atoms with Gasteiger partial charge in [-0.2, -0.15) is 5.26 Å². The van der Waals surface area contributed by atoms with E-state index in [-0.39, 0.29) is 6.10 Å². The number of piperidine rings is 1. The molecular weight excluding hydrogens is 491 g/mol. The third-order valence-corrected chi connectivity index (χ3v) is 7.33. The molecular formula is C28H24ClFN6O. The van der Waals surface area contributed by atoms with Crippen LogP contribution in [0, 0.1) is 17.1 Å². The Kier molecular flexibility index (Phi) is 6.13. The van der Waals surface area contributed by atoms with Crippen LogP contribution < -0.4 is 16.0 Å². The zero-order chi connectivity index (χ0) is 25.5. The first-order valence-corrected chi connectivity index (χ1v) is 12.5. The van der Waals surface area contributed by atoms with E-state index < -0.39 is 5.82 Å². The molecule has 0 radical (unpaired) electrons. The molecule has 9 heteroatoms. The molecule has 4 heterocycles. The number of nitriles is 1. The summed E-state index contributed by atoms with van der Waals surface area (Å²) in [5.41, 5.74) is 11.4. The third kappa shape index (κ3) is 4.36. The smallest absolute Gasteiger partial charge is 0.125 e. The Hall–Kier alpha value is -3.77. The molecule has 3 N–H and O–H groups in total. The number of hydrogen-bond donors (Lipinski definition) is 2. The fraction of sp³-hybridized carbons (Fsp3) is 0.250.